The van der Waals surface area contributed by atoms with Gasteiger partial charge < -0.3 is 8.83 Å². The molecule has 0 N–H and O–H groups in total. The Morgan fingerprint density at radius 2 is 1.85 bits per heavy atom. The molecule has 3 nitrogen and oxygen atoms in total. The highest BCUT2D eigenvalue weighted by Crippen LogP contribution is 2.38. The minimum Gasteiger partial charge on any atom is -0.463 e. The summed E-state index contributed by atoms with van der Waals surface area (Å²) in [7, 11) is 0. The number of furan rings is 1. The Balaban J connectivity index is 2.04. The first-order chi connectivity index (χ1) is 12.6. The first-order valence-corrected chi connectivity index (χ1v) is 9.61. The smallest absolute Gasteiger partial charge is 0.336 e. The van der Waals surface area contributed by atoms with Crippen LogP contribution in [-0.2, 0) is 6.42 Å². The number of hydrogen-bond acceptors (Lipinski definition) is 3. The molecule has 0 aliphatic carbocycles. The summed E-state index contributed by atoms with van der Waals surface area (Å²) in [5, 5.41) is 1.99. The molecule has 0 aliphatic rings. The highest BCUT2D eigenvalue weighted by Gasteiger charge is 2.18. The molecule has 0 saturated carbocycles. The molecule has 0 radical (unpaired) electrons. The molecule has 0 unspecified atom stereocenters. The Morgan fingerprint density at radius 3 is 2.58 bits per heavy atom. The van der Waals surface area contributed by atoms with Crippen LogP contribution in [-0.4, -0.2) is 0 Å². The minimum absolute atomic E-state index is 0.304. The van der Waals surface area contributed by atoms with E-state index in [2.05, 4.69) is 35.0 Å². The van der Waals surface area contributed by atoms with Crippen LogP contribution in [0, 0.1) is 6.92 Å². The second-order valence-electron chi connectivity index (χ2n) is 6.62. The maximum atomic E-state index is 12.0. The number of rotatable bonds is 4. The second kappa shape index (κ2) is 6.76. The molecule has 2 aromatic carbocycles. The lowest BCUT2D eigenvalue weighted by molar-refractivity contribution is 0.556. The first-order valence-electron chi connectivity index (χ1n) is 8.82. The summed E-state index contributed by atoms with van der Waals surface area (Å²) >= 11 is 3.48. The van der Waals surface area contributed by atoms with Gasteiger partial charge in [0.05, 0.1) is 11.6 Å². The van der Waals surface area contributed by atoms with Crippen LogP contribution in [0.3, 0.4) is 0 Å². The van der Waals surface area contributed by atoms with E-state index in [1.165, 1.54) is 0 Å². The summed E-state index contributed by atoms with van der Waals surface area (Å²) in [6.45, 7) is 4.17. The van der Waals surface area contributed by atoms with E-state index in [0.717, 1.165) is 62.3 Å². The van der Waals surface area contributed by atoms with Crippen molar-refractivity contribution < 1.29 is 8.83 Å². The van der Waals surface area contributed by atoms with Gasteiger partial charge in [-0.3, -0.25) is 0 Å². The third-order valence-electron chi connectivity index (χ3n) is 4.79. The number of benzene rings is 2. The van der Waals surface area contributed by atoms with Crippen LogP contribution in [0.4, 0.5) is 0 Å². The summed E-state index contributed by atoms with van der Waals surface area (Å²) < 4.78 is 12.5. The van der Waals surface area contributed by atoms with Crippen molar-refractivity contribution >= 4 is 37.9 Å². The van der Waals surface area contributed by atoms with E-state index in [4.69, 9.17) is 8.83 Å². The molecule has 0 atom stereocenters. The van der Waals surface area contributed by atoms with E-state index in [1.807, 2.05) is 25.1 Å². The van der Waals surface area contributed by atoms with Gasteiger partial charge >= 0.3 is 5.63 Å². The maximum Gasteiger partial charge on any atom is 0.336 e. The molecule has 26 heavy (non-hydrogen) atoms. The minimum atomic E-state index is -0.304. The van der Waals surface area contributed by atoms with Gasteiger partial charge in [0.15, 0.2) is 0 Å². The van der Waals surface area contributed by atoms with Crippen LogP contribution in [0.25, 0.3) is 33.1 Å². The van der Waals surface area contributed by atoms with Gasteiger partial charge in [-0.2, -0.15) is 0 Å². The van der Waals surface area contributed by atoms with Crippen LogP contribution >= 0.6 is 15.9 Å². The van der Waals surface area contributed by atoms with E-state index in [9.17, 15) is 4.79 Å². The number of unbranched alkanes of at least 4 members (excludes halogenated alkanes) is 1. The van der Waals surface area contributed by atoms with Gasteiger partial charge in [0, 0.05) is 21.5 Å². The summed E-state index contributed by atoms with van der Waals surface area (Å²) in [5.74, 6) is 0. The SMILES string of the molecule is CCCCc1cc(=O)oc2cc(C)c3c(-c4ccc(Br)cc4)coc3c12. The first kappa shape index (κ1) is 17.1. The molecule has 4 aromatic rings. The topological polar surface area (TPSA) is 43.4 Å². The molecule has 0 bridgehead atoms. The van der Waals surface area contributed by atoms with Gasteiger partial charge in [-0.1, -0.05) is 41.4 Å². The zero-order valence-corrected chi connectivity index (χ0v) is 16.4. The second-order valence-corrected chi connectivity index (χ2v) is 7.54. The third-order valence-corrected chi connectivity index (χ3v) is 5.31. The van der Waals surface area contributed by atoms with Crippen molar-refractivity contribution in [1.29, 1.82) is 0 Å². The summed E-state index contributed by atoms with van der Waals surface area (Å²) in [4.78, 5) is 12.0. The van der Waals surface area contributed by atoms with Crippen molar-refractivity contribution in [2.24, 2.45) is 0 Å². The molecule has 0 amide bonds. The predicted octanol–water partition coefficient (Wildman–Crippen LogP) is 6.62. The maximum absolute atomic E-state index is 12.0. The van der Waals surface area contributed by atoms with Crippen LogP contribution < -0.4 is 5.63 Å². The molecule has 0 saturated heterocycles. The third kappa shape index (κ3) is 2.88. The van der Waals surface area contributed by atoms with Crippen LogP contribution in [0.2, 0.25) is 0 Å². The average Bonchev–Trinajstić information content (AvgIpc) is 3.05. The van der Waals surface area contributed by atoms with Crippen molar-refractivity contribution in [3.05, 3.63) is 68.7 Å². The molecule has 2 heterocycles. The normalized spacial score (nSPS) is 11.5. The molecular formula is C22H19BrO3. The Bertz CT molecular complexity index is 1150. The fourth-order valence-electron chi connectivity index (χ4n) is 3.53. The van der Waals surface area contributed by atoms with E-state index in [-0.39, 0.29) is 5.63 Å². The Kier molecular flexibility index (Phi) is 4.45. The average molecular weight is 411 g/mol. The summed E-state index contributed by atoms with van der Waals surface area (Å²) in [5.41, 5.74) is 5.29. The largest absolute Gasteiger partial charge is 0.463 e. The van der Waals surface area contributed by atoms with Crippen molar-refractivity contribution in [1.82, 2.24) is 0 Å². The fourth-order valence-corrected chi connectivity index (χ4v) is 3.79. The van der Waals surface area contributed by atoms with Crippen molar-refractivity contribution in [3.8, 4) is 11.1 Å². The quantitative estimate of drug-likeness (QED) is 0.355. The van der Waals surface area contributed by atoms with Gasteiger partial charge in [0.25, 0.3) is 0 Å². The van der Waals surface area contributed by atoms with E-state index in [0.29, 0.717) is 5.58 Å². The monoisotopic (exact) mass is 410 g/mol. The summed E-state index contributed by atoms with van der Waals surface area (Å²) in [6, 6.07) is 11.7. The molecule has 4 heteroatoms. The molecule has 2 aromatic heterocycles. The number of halogens is 1. The van der Waals surface area contributed by atoms with Crippen molar-refractivity contribution in [3.63, 3.8) is 0 Å². The highest BCUT2D eigenvalue weighted by molar-refractivity contribution is 9.10. The number of fused-ring (bicyclic) bond motifs is 3. The predicted molar refractivity (Wildman–Crippen MR) is 109 cm³/mol. The van der Waals surface area contributed by atoms with Crippen LogP contribution in [0.5, 0.6) is 0 Å². The summed E-state index contributed by atoms with van der Waals surface area (Å²) in [6.07, 6.45) is 4.73. The molecule has 0 fully saturated rings. The number of aryl methyl sites for hydroxylation is 2. The van der Waals surface area contributed by atoms with Gasteiger partial charge in [0.1, 0.15) is 11.2 Å². The lowest BCUT2D eigenvalue weighted by atomic mass is 9.97. The van der Waals surface area contributed by atoms with Gasteiger partial charge in [-0.05, 0) is 54.7 Å². The molecular weight excluding hydrogens is 392 g/mol. The molecule has 4 rings (SSSR count). The van der Waals surface area contributed by atoms with Crippen LogP contribution in [0.15, 0.2) is 60.8 Å². The molecule has 0 spiro atoms. The lowest BCUT2D eigenvalue weighted by Gasteiger charge is -2.08. The lowest BCUT2D eigenvalue weighted by Crippen LogP contribution is -2.01. The standard InChI is InChI=1S/C22H19BrO3/c1-3-4-5-15-11-19(24)26-18-10-13(2)20-17(12-25-22(20)21(15)18)14-6-8-16(23)9-7-14/h6-12H,3-5H2,1-2H3. The molecule has 0 aliphatic heterocycles. The zero-order chi connectivity index (χ0) is 18.3. The van der Waals surface area contributed by atoms with E-state index >= 15 is 0 Å². The van der Waals surface area contributed by atoms with E-state index < -0.39 is 0 Å². The Morgan fingerprint density at radius 1 is 1.08 bits per heavy atom. The number of hydrogen-bond donors (Lipinski definition) is 0. The Hall–Kier alpha value is -2.33. The van der Waals surface area contributed by atoms with Crippen LogP contribution in [0.1, 0.15) is 30.9 Å². The fraction of sp³-hybridized carbons (Fsp3) is 0.227. The van der Waals surface area contributed by atoms with E-state index in [1.54, 1.807) is 12.3 Å². The van der Waals surface area contributed by atoms with Gasteiger partial charge in [0.2, 0.25) is 0 Å². The van der Waals surface area contributed by atoms with Crippen molar-refractivity contribution in [2.75, 3.05) is 0 Å². The van der Waals surface area contributed by atoms with Crippen molar-refractivity contribution in [2.45, 2.75) is 33.1 Å². The van der Waals surface area contributed by atoms with Gasteiger partial charge in [-0.25, -0.2) is 4.79 Å². The highest BCUT2D eigenvalue weighted by atomic mass is 79.9. The zero-order valence-electron chi connectivity index (χ0n) is 14.8. The van der Waals surface area contributed by atoms with Gasteiger partial charge in [-0.15, -0.1) is 0 Å². The molecule has 132 valence electrons. The Labute approximate surface area is 159 Å².